The number of rotatable bonds is 8. The van der Waals surface area contributed by atoms with Crippen molar-refractivity contribution in [2.75, 3.05) is 0 Å². The topological polar surface area (TPSA) is 96.0 Å². The van der Waals surface area contributed by atoms with Gasteiger partial charge in [0.05, 0.1) is 12.1 Å². The van der Waals surface area contributed by atoms with Crippen molar-refractivity contribution in [2.24, 2.45) is 0 Å². The number of ketones is 1. The van der Waals surface area contributed by atoms with E-state index in [2.05, 4.69) is 18.0 Å². The molecule has 0 aliphatic rings. The summed E-state index contributed by atoms with van der Waals surface area (Å²) in [6, 6.07) is 16.7. The fourth-order valence-corrected chi connectivity index (χ4v) is 3.47. The molecular weight excluding hydrogens is 378 g/mol. The summed E-state index contributed by atoms with van der Waals surface area (Å²) in [5.41, 5.74) is 2.77. The lowest BCUT2D eigenvalue weighted by Crippen LogP contribution is -2.09. The highest BCUT2D eigenvalue weighted by atomic mass is 16.4. The molecule has 0 radical (unpaired) electrons. The molecule has 1 N–H and O–H groups in total. The van der Waals surface area contributed by atoms with Crippen molar-refractivity contribution < 1.29 is 14.7 Å². The van der Waals surface area contributed by atoms with Crippen LogP contribution in [0.4, 0.5) is 0 Å². The number of benzene rings is 2. The van der Waals surface area contributed by atoms with E-state index in [4.69, 9.17) is 0 Å². The molecule has 3 aromatic rings. The van der Waals surface area contributed by atoms with Gasteiger partial charge in [-0.2, -0.15) is 5.26 Å². The number of hydrogen-bond donors (Lipinski definition) is 1. The summed E-state index contributed by atoms with van der Waals surface area (Å²) >= 11 is 0. The first kappa shape index (κ1) is 21.0. The molecule has 0 bridgehead atoms. The number of carboxylic acid groups (broad SMARTS) is 1. The maximum Gasteiger partial charge on any atom is 0.336 e. The van der Waals surface area contributed by atoms with Crippen LogP contribution >= 0.6 is 0 Å². The van der Waals surface area contributed by atoms with Gasteiger partial charge in [0.25, 0.3) is 0 Å². The molecule has 0 amide bonds. The van der Waals surface area contributed by atoms with E-state index in [0.717, 1.165) is 24.0 Å². The number of carbonyl (C=O) groups is 2. The number of carbonyl (C=O) groups excluding carboxylic acids is 1. The van der Waals surface area contributed by atoms with Crippen LogP contribution in [-0.2, 0) is 13.0 Å². The van der Waals surface area contributed by atoms with Gasteiger partial charge in [-0.15, -0.1) is 0 Å². The lowest BCUT2D eigenvalue weighted by Gasteiger charge is -2.12. The molecule has 152 valence electrons. The molecule has 0 aliphatic carbocycles. The van der Waals surface area contributed by atoms with E-state index < -0.39 is 5.97 Å². The first-order chi connectivity index (χ1) is 14.5. The van der Waals surface area contributed by atoms with Crippen molar-refractivity contribution in [3.05, 3.63) is 76.9 Å². The number of Topliss-reactive ketones (excluding diaryl/α,β-unsaturated/α-hetero) is 1. The Labute approximate surface area is 175 Å². The normalized spacial score (nSPS) is 10.6. The molecule has 0 atom stereocenters. The van der Waals surface area contributed by atoms with Crippen LogP contribution in [0.3, 0.4) is 0 Å². The highest BCUT2D eigenvalue weighted by molar-refractivity contribution is 5.96. The summed E-state index contributed by atoms with van der Waals surface area (Å²) in [6.45, 7) is 3.73. The zero-order valence-corrected chi connectivity index (χ0v) is 17.1. The van der Waals surface area contributed by atoms with Crippen molar-refractivity contribution in [1.82, 2.24) is 9.55 Å². The van der Waals surface area contributed by atoms with Gasteiger partial charge in [-0.05, 0) is 29.2 Å². The summed E-state index contributed by atoms with van der Waals surface area (Å²) in [6.07, 6.45) is 2.48. The fourth-order valence-electron chi connectivity index (χ4n) is 3.47. The van der Waals surface area contributed by atoms with Crippen LogP contribution in [0.5, 0.6) is 0 Å². The van der Waals surface area contributed by atoms with Gasteiger partial charge < -0.3 is 9.67 Å². The molecule has 0 fully saturated rings. The minimum absolute atomic E-state index is 0.169. The quantitative estimate of drug-likeness (QED) is 0.551. The molecule has 3 rings (SSSR count). The molecule has 6 heteroatoms. The molecule has 2 aromatic carbocycles. The third-order valence-electron chi connectivity index (χ3n) is 4.98. The van der Waals surface area contributed by atoms with E-state index in [0.29, 0.717) is 17.8 Å². The van der Waals surface area contributed by atoms with Crippen molar-refractivity contribution in [3.63, 3.8) is 0 Å². The number of aromatic nitrogens is 2. The van der Waals surface area contributed by atoms with Gasteiger partial charge in [-0.3, -0.25) is 4.79 Å². The van der Waals surface area contributed by atoms with E-state index in [1.807, 2.05) is 36.4 Å². The minimum atomic E-state index is -1.02. The van der Waals surface area contributed by atoms with Gasteiger partial charge in [-0.1, -0.05) is 55.8 Å². The van der Waals surface area contributed by atoms with E-state index in [1.165, 1.54) is 6.92 Å². The Morgan fingerprint density at radius 3 is 2.50 bits per heavy atom. The predicted octanol–water partition coefficient (Wildman–Crippen LogP) is 4.71. The second-order valence-corrected chi connectivity index (χ2v) is 7.13. The van der Waals surface area contributed by atoms with Gasteiger partial charge in [0.15, 0.2) is 11.5 Å². The summed E-state index contributed by atoms with van der Waals surface area (Å²) in [5.74, 6) is -0.603. The van der Waals surface area contributed by atoms with Crippen LogP contribution in [0.2, 0.25) is 0 Å². The van der Waals surface area contributed by atoms with Gasteiger partial charge in [-0.25, -0.2) is 9.78 Å². The molecule has 1 aromatic heterocycles. The van der Waals surface area contributed by atoms with Crippen molar-refractivity contribution in [3.8, 4) is 17.2 Å². The van der Waals surface area contributed by atoms with Gasteiger partial charge in [0.1, 0.15) is 17.6 Å². The smallest absolute Gasteiger partial charge is 0.336 e. The average Bonchev–Trinajstić information content (AvgIpc) is 3.10. The summed E-state index contributed by atoms with van der Waals surface area (Å²) < 4.78 is 1.73. The lowest BCUT2D eigenvalue weighted by atomic mass is 9.97. The Morgan fingerprint density at radius 2 is 1.90 bits per heavy atom. The molecule has 1 heterocycles. The zero-order chi connectivity index (χ0) is 21.7. The number of nitrogens with zero attached hydrogens (tertiary/aromatic N) is 3. The number of aromatic carboxylic acids is 1. The van der Waals surface area contributed by atoms with Gasteiger partial charge in [0, 0.05) is 13.3 Å². The number of unbranched alkanes of at least 4 members (excludes halogenated alkanes) is 1. The Kier molecular flexibility index (Phi) is 6.43. The Morgan fingerprint density at radius 1 is 1.17 bits per heavy atom. The van der Waals surface area contributed by atoms with Crippen LogP contribution in [0.15, 0.2) is 48.5 Å². The highest BCUT2D eigenvalue weighted by Gasteiger charge is 2.21. The second kappa shape index (κ2) is 9.19. The van der Waals surface area contributed by atoms with Crippen molar-refractivity contribution in [1.29, 1.82) is 5.26 Å². The zero-order valence-electron chi connectivity index (χ0n) is 17.1. The fraction of sp³-hybridized carbons (Fsp3) is 0.250. The maximum atomic E-state index is 12.0. The molecule has 0 aliphatic heterocycles. The standard InChI is InChI=1S/C24H23N3O3/c1-3-4-10-22-26-23(16(2)28)21(14-25)27(22)15-17-11-12-19(20(13-17)24(29)30)18-8-6-5-7-9-18/h5-9,11-13H,3-4,10,15H2,1-2H3,(H,29,30). The van der Waals surface area contributed by atoms with E-state index in [-0.39, 0.29) is 29.3 Å². The Hall–Kier alpha value is -3.72. The molecule has 0 saturated heterocycles. The maximum absolute atomic E-state index is 12.0. The third kappa shape index (κ3) is 4.31. The minimum Gasteiger partial charge on any atom is -0.478 e. The van der Waals surface area contributed by atoms with E-state index >= 15 is 0 Å². The second-order valence-electron chi connectivity index (χ2n) is 7.13. The van der Waals surface area contributed by atoms with Gasteiger partial charge in [0.2, 0.25) is 0 Å². The molecule has 0 saturated carbocycles. The molecule has 0 spiro atoms. The number of carboxylic acids is 1. The third-order valence-corrected chi connectivity index (χ3v) is 4.98. The lowest BCUT2D eigenvalue weighted by molar-refractivity contribution is 0.0697. The highest BCUT2D eigenvalue weighted by Crippen LogP contribution is 2.26. The molecule has 30 heavy (non-hydrogen) atoms. The molecular formula is C24H23N3O3. The van der Waals surface area contributed by atoms with Crippen LogP contribution in [-0.4, -0.2) is 26.4 Å². The first-order valence-electron chi connectivity index (χ1n) is 9.88. The first-order valence-corrected chi connectivity index (χ1v) is 9.88. The number of imidazole rings is 1. The summed E-state index contributed by atoms with van der Waals surface area (Å²) in [7, 11) is 0. The number of hydrogen-bond acceptors (Lipinski definition) is 4. The largest absolute Gasteiger partial charge is 0.478 e. The average molecular weight is 401 g/mol. The predicted molar refractivity (Wildman–Crippen MR) is 113 cm³/mol. The Balaban J connectivity index is 2.06. The van der Waals surface area contributed by atoms with Crippen LogP contribution < -0.4 is 0 Å². The van der Waals surface area contributed by atoms with Crippen LogP contribution in [0, 0.1) is 11.3 Å². The SMILES string of the molecule is CCCCc1nc(C(C)=O)c(C#N)n1Cc1ccc(-c2ccccc2)c(C(=O)O)c1. The van der Waals surface area contributed by atoms with Crippen LogP contribution in [0.25, 0.3) is 11.1 Å². The van der Waals surface area contributed by atoms with Crippen molar-refractivity contribution >= 4 is 11.8 Å². The van der Waals surface area contributed by atoms with E-state index in [9.17, 15) is 20.0 Å². The summed E-state index contributed by atoms with van der Waals surface area (Å²) in [5, 5.41) is 19.4. The van der Waals surface area contributed by atoms with Crippen LogP contribution in [0.1, 0.15) is 64.6 Å². The number of aryl methyl sites for hydroxylation is 1. The molecule has 6 nitrogen and oxygen atoms in total. The Bertz CT molecular complexity index is 1120. The summed E-state index contributed by atoms with van der Waals surface area (Å²) in [4.78, 5) is 28.3. The monoisotopic (exact) mass is 401 g/mol. The molecule has 0 unspecified atom stereocenters. The van der Waals surface area contributed by atoms with Crippen molar-refractivity contribution in [2.45, 2.75) is 39.7 Å². The van der Waals surface area contributed by atoms with Gasteiger partial charge >= 0.3 is 5.97 Å². The van der Waals surface area contributed by atoms with E-state index in [1.54, 1.807) is 16.7 Å². The number of nitriles is 1.